The van der Waals surface area contributed by atoms with E-state index in [0.29, 0.717) is 0 Å². The number of methoxy groups -OCH3 is 1. The van der Waals surface area contributed by atoms with E-state index in [1.54, 1.807) is 0 Å². The lowest BCUT2D eigenvalue weighted by atomic mass is 10.4. The van der Waals surface area contributed by atoms with Gasteiger partial charge in [-0.05, 0) is 6.92 Å². The lowest BCUT2D eigenvalue weighted by Gasteiger charge is -2.17. The molecule has 1 unspecified atom stereocenters. The molecular weight excluding hydrogens is 227 g/mol. The monoisotopic (exact) mass is 237 g/mol. The molecule has 1 rings (SSSR count). The number of rotatable bonds is 3. The molecule has 1 aromatic heterocycles. The zero-order valence-corrected chi connectivity index (χ0v) is 8.58. The predicted molar refractivity (Wildman–Crippen MR) is 49.1 cm³/mol. The Balaban J connectivity index is 2.90. The number of hydrogen-bond donors (Lipinski definition) is 1. The fourth-order valence-corrected chi connectivity index (χ4v) is 0.855. The van der Waals surface area contributed by atoms with E-state index in [1.807, 2.05) is 0 Å². The standard InChI is InChI=1S/C8H10F3N3O2/c1-4(8(9,10)11)16-7-5(12)6(15-2)13-3-14-7/h3-4H,12H2,1-2H3. The highest BCUT2D eigenvalue weighted by molar-refractivity contribution is 5.55. The highest BCUT2D eigenvalue weighted by atomic mass is 19.4. The van der Waals surface area contributed by atoms with Gasteiger partial charge in [0.05, 0.1) is 7.11 Å². The number of nitrogens with zero attached hydrogens (tertiary/aromatic N) is 2. The average molecular weight is 237 g/mol. The van der Waals surface area contributed by atoms with Crippen molar-refractivity contribution >= 4 is 5.69 Å². The summed E-state index contributed by atoms with van der Waals surface area (Å²) in [5.74, 6) is -0.379. The van der Waals surface area contributed by atoms with Crippen LogP contribution in [0.5, 0.6) is 11.8 Å². The van der Waals surface area contributed by atoms with Crippen LogP contribution in [-0.4, -0.2) is 29.4 Å². The van der Waals surface area contributed by atoms with Crippen LogP contribution in [0.1, 0.15) is 6.92 Å². The summed E-state index contributed by atoms with van der Waals surface area (Å²) in [6.07, 6.45) is -5.48. The SMILES string of the molecule is COc1ncnc(OC(C)C(F)(F)F)c1N. The van der Waals surface area contributed by atoms with Gasteiger partial charge in [0.2, 0.25) is 11.8 Å². The molecule has 0 aliphatic rings. The van der Waals surface area contributed by atoms with Crippen molar-refractivity contribution in [2.24, 2.45) is 0 Å². The molecule has 0 aromatic carbocycles. The first-order valence-electron chi connectivity index (χ1n) is 4.24. The minimum absolute atomic E-state index is 0.0284. The van der Waals surface area contributed by atoms with Crippen LogP contribution >= 0.6 is 0 Å². The van der Waals surface area contributed by atoms with Crippen LogP contribution < -0.4 is 15.2 Å². The Morgan fingerprint density at radius 2 is 1.88 bits per heavy atom. The molecular formula is C8H10F3N3O2. The maximum absolute atomic E-state index is 12.2. The van der Waals surface area contributed by atoms with Crippen molar-refractivity contribution in [2.45, 2.75) is 19.2 Å². The van der Waals surface area contributed by atoms with Crippen LogP contribution in [0.3, 0.4) is 0 Å². The van der Waals surface area contributed by atoms with Gasteiger partial charge in [-0.1, -0.05) is 0 Å². The average Bonchev–Trinajstić information content (AvgIpc) is 2.19. The van der Waals surface area contributed by atoms with Gasteiger partial charge in [0, 0.05) is 0 Å². The molecule has 8 heteroatoms. The Hall–Kier alpha value is -1.73. The third-order valence-corrected chi connectivity index (χ3v) is 1.75. The van der Waals surface area contributed by atoms with E-state index < -0.39 is 12.3 Å². The summed E-state index contributed by atoms with van der Waals surface area (Å²) < 4.78 is 45.9. The topological polar surface area (TPSA) is 70.3 Å². The van der Waals surface area contributed by atoms with Crippen molar-refractivity contribution in [1.29, 1.82) is 0 Å². The second-order valence-corrected chi connectivity index (χ2v) is 2.90. The quantitative estimate of drug-likeness (QED) is 0.860. The summed E-state index contributed by atoms with van der Waals surface area (Å²) in [6.45, 7) is 0.855. The van der Waals surface area contributed by atoms with Crippen molar-refractivity contribution in [3.8, 4) is 11.8 Å². The van der Waals surface area contributed by atoms with Gasteiger partial charge in [0.25, 0.3) is 0 Å². The molecule has 0 saturated heterocycles. The van der Waals surface area contributed by atoms with Crippen molar-refractivity contribution < 1.29 is 22.6 Å². The zero-order chi connectivity index (χ0) is 12.3. The van der Waals surface area contributed by atoms with Crippen LogP contribution in [0.25, 0.3) is 0 Å². The number of alkyl halides is 3. The van der Waals surface area contributed by atoms with Crippen LogP contribution in [0, 0.1) is 0 Å². The van der Waals surface area contributed by atoms with E-state index in [1.165, 1.54) is 7.11 Å². The van der Waals surface area contributed by atoms with Crippen LogP contribution in [0.2, 0.25) is 0 Å². The van der Waals surface area contributed by atoms with Crippen molar-refractivity contribution in [1.82, 2.24) is 9.97 Å². The molecule has 5 nitrogen and oxygen atoms in total. The number of aromatic nitrogens is 2. The number of halogens is 3. The maximum atomic E-state index is 12.2. The highest BCUT2D eigenvalue weighted by Gasteiger charge is 2.38. The van der Waals surface area contributed by atoms with Gasteiger partial charge in [-0.25, -0.2) is 0 Å². The van der Waals surface area contributed by atoms with Gasteiger partial charge in [-0.2, -0.15) is 23.1 Å². The summed E-state index contributed by atoms with van der Waals surface area (Å²) in [5.41, 5.74) is 5.28. The molecule has 0 spiro atoms. The largest absolute Gasteiger partial charge is 0.479 e. The third kappa shape index (κ3) is 2.65. The Kier molecular flexibility index (Phi) is 3.41. The predicted octanol–water partition coefficient (Wildman–Crippen LogP) is 1.40. The molecule has 1 aromatic rings. The lowest BCUT2D eigenvalue weighted by Crippen LogP contribution is -2.31. The molecule has 90 valence electrons. The van der Waals surface area contributed by atoms with Crippen molar-refractivity contribution in [2.75, 3.05) is 12.8 Å². The Morgan fingerprint density at radius 1 is 1.31 bits per heavy atom. The minimum atomic E-state index is -4.48. The Labute approximate surface area is 89.4 Å². The second-order valence-electron chi connectivity index (χ2n) is 2.90. The molecule has 0 aliphatic carbocycles. The van der Waals surface area contributed by atoms with Gasteiger partial charge in [0.1, 0.15) is 6.33 Å². The van der Waals surface area contributed by atoms with E-state index >= 15 is 0 Å². The molecule has 0 fully saturated rings. The van der Waals surface area contributed by atoms with Crippen molar-refractivity contribution in [3.63, 3.8) is 0 Å². The van der Waals surface area contributed by atoms with Crippen molar-refractivity contribution in [3.05, 3.63) is 6.33 Å². The minimum Gasteiger partial charge on any atom is -0.479 e. The maximum Gasteiger partial charge on any atom is 0.425 e. The zero-order valence-electron chi connectivity index (χ0n) is 8.58. The van der Waals surface area contributed by atoms with E-state index in [4.69, 9.17) is 10.5 Å². The van der Waals surface area contributed by atoms with Crippen LogP contribution in [0.15, 0.2) is 6.33 Å². The fraction of sp³-hybridized carbons (Fsp3) is 0.500. The number of hydrogen-bond acceptors (Lipinski definition) is 5. The van der Waals surface area contributed by atoms with Crippen LogP contribution in [-0.2, 0) is 0 Å². The summed E-state index contributed by atoms with van der Waals surface area (Å²) in [7, 11) is 1.29. The number of nitrogen functional groups attached to an aromatic ring is 1. The molecule has 0 amide bonds. The first-order valence-corrected chi connectivity index (χ1v) is 4.24. The number of ether oxygens (including phenoxy) is 2. The lowest BCUT2D eigenvalue weighted by molar-refractivity contribution is -0.189. The Morgan fingerprint density at radius 3 is 2.38 bits per heavy atom. The molecule has 0 saturated carbocycles. The van der Waals surface area contributed by atoms with Crippen LogP contribution in [0.4, 0.5) is 18.9 Å². The first-order chi connectivity index (χ1) is 7.36. The van der Waals surface area contributed by atoms with Gasteiger partial charge < -0.3 is 15.2 Å². The highest BCUT2D eigenvalue weighted by Crippen LogP contribution is 2.30. The molecule has 0 radical (unpaired) electrons. The van der Waals surface area contributed by atoms with E-state index in [-0.39, 0.29) is 17.4 Å². The third-order valence-electron chi connectivity index (χ3n) is 1.75. The van der Waals surface area contributed by atoms with Gasteiger partial charge in [0.15, 0.2) is 11.8 Å². The summed E-state index contributed by atoms with van der Waals surface area (Å²) in [4.78, 5) is 7.11. The fourth-order valence-electron chi connectivity index (χ4n) is 0.855. The molecule has 0 aliphatic heterocycles. The summed E-state index contributed by atoms with van der Waals surface area (Å²) in [5, 5.41) is 0. The number of nitrogens with two attached hydrogens (primary N) is 1. The van der Waals surface area contributed by atoms with E-state index in [0.717, 1.165) is 13.3 Å². The molecule has 0 bridgehead atoms. The van der Waals surface area contributed by atoms with E-state index in [9.17, 15) is 13.2 Å². The van der Waals surface area contributed by atoms with Gasteiger partial charge in [-0.3, -0.25) is 0 Å². The van der Waals surface area contributed by atoms with Gasteiger partial charge >= 0.3 is 6.18 Å². The smallest absolute Gasteiger partial charge is 0.425 e. The second kappa shape index (κ2) is 4.42. The number of anilines is 1. The molecule has 1 heterocycles. The molecule has 1 atom stereocenters. The van der Waals surface area contributed by atoms with Gasteiger partial charge in [-0.15, -0.1) is 0 Å². The first kappa shape index (κ1) is 12.3. The summed E-state index contributed by atoms with van der Waals surface area (Å²) in [6, 6.07) is 0. The Bertz CT molecular complexity index is 370. The summed E-state index contributed by atoms with van der Waals surface area (Å²) >= 11 is 0. The molecule has 2 N–H and O–H groups in total. The normalized spacial score (nSPS) is 13.3. The molecule has 16 heavy (non-hydrogen) atoms. The van der Waals surface area contributed by atoms with E-state index in [2.05, 4.69) is 14.7 Å².